The Morgan fingerprint density at radius 1 is 1.16 bits per heavy atom. The molecule has 25 heavy (non-hydrogen) atoms. The van der Waals surface area contributed by atoms with E-state index in [1.165, 1.54) is 26.2 Å². The zero-order chi connectivity index (χ0) is 18.8. The van der Waals surface area contributed by atoms with Gasteiger partial charge in [0.2, 0.25) is 10.0 Å². The minimum atomic E-state index is -4.13. The number of hydrogen-bond acceptors (Lipinski definition) is 3. The number of alkyl halides is 3. The van der Waals surface area contributed by atoms with Crippen LogP contribution in [0.25, 0.3) is 0 Å². The molecule has 2 rings (SSSR count). The van der Waals surface area contributed by atoms with Crippen LogP contribution in [0.1, 0.15) is 44.2 Å². The highest BCUT2D eigenvalue weighted by Crippen LogP contribution is 2.38. The molecule has 8 heteroatoms. The number of halogens is 3. The van der Waals surface area contributed by atoms with Crippen molar-refractivity contribution in [2.45, 2.75) is 55.8 Å². The second kappa shape index (κ2) is 7.63. The van der Waals surface area contributed by atoms with Gasteiger partial charge in [0.1, 0.15) is 0 Å². The molecule has 0 heterocycles. The lowest BCUT2D eigenvalue weighted by atomic mass is 9.85. The maximum Gasteiger partial charge on any atom is 0.391 e. The van der Waals surface area contributed by atoms with Crippen molar-refractivity contribution in [1.82, 2.24) is 9.62 Å². The summed E-state index contributed by atoms with van der Waals surface area (Å²) in [4.78, 5) is 0.197. The van der Waals surface area contributed by atoms with E-state index < -0.39 is 22.1 Å². The molecule has 0 spiro atoms. The van der Waals surface area contributed by atoms with Crippen LogP contribution in [0.3, 0.4) is 0 Å². The molecule has 1 saturated carbocycles. The third-order valence-electron chi connectivity index (χ3n) is 4.78. The van der Waals surface area contributed by atoms with Crippen molar-refractivity contribution in [2.75, 3.05) is 14.1 Å². The molecule has 1 aliphatic carbocycles. The fourth-order valence-electron chi connectivity index (χ4n) is 3.23. The number of benzene rings is 1. The third-order valence-corrected chi connectivity index (χ3v) is 6.61. The van der Waals surface area contributed by atoms with Gasteiger partial charge in [-0.05, 0) is 43.9 Å². The summed E-state index contributed by atoms with van der Waals surface area (Å²) in [5.41, 5.74) is 0.854. The number of nitrogens with one attached hydrogen (secondary N) is 1. The average molecular weight is 378 g/mol. The largest absolute Gasteiger partial charge is 0.391 e. The van der Waals surface area contributed by atoms with E-state index in [1.807, 2.05) is 6.92 Å². The normalized spacial score (nSPS) is 23.6. The molecule has 142 valence electrons. The van der Waals surface area contributed by atoms with Crippen molar-refractivity contribution in [1.29, 1.82) is 0 Å². The average Bonchev–Trinajstić information content (AvgIpc) is 2.54. The monoisotopic (exact) mass is 378 g/mol. The van der Waals surface area contributed by atoms with Crippen LogP contribution in [0.2, 0.25) is 0 Å². The highest BCUT2D eigenvalue weighted by Gasteiger charge is 2.42. The van der Waals surface area contributed by atoms with Gasteiger partial charge in [0, 0.05) is 26.2 Å². The van der Waals surface area contributed by atoms with Gasteiger partial charge < -0.3 is 5.32 Å². The van der Waals surface area contributed by atoms with Crippen LogP contribution >= 0.6 is 0 Å². The molecule has 3 unspecified atom stereocenters. The minimum Gasteiger partial charge on any atom is -0.307 e. The molecular weight excluding hydrogens is 353 g/mol. The zero-order valence-electron chi connectivity index (χ0n) is 14.7. The van der Waals surface area contributed by atoms with Crippen molar-refractivity contribution >= 4 is 10.0 Å². The summed E-state index contributed by atoms with van der Waals surface area (Å²) in [6, 6.07) is 6.15. The number of hydrogen-bond donors (Lipinski definition) is 1. The highest BCUT2D eigenvalue weighted by molar-refractivity contribution is 7.89. The summed E-state index contributed by atoms with van der Waals surface area (Å²) in [5.74, 6) is -1.24. The van der Waals surface area contributed by atoms with Gasteiger partial charge in [0.05, 0.1) is 10.8 Å². The number of sulfonamides is 1. The van der Waals surface area contributed by atoms with Gasteiger partial charge >= 0.3 is 6.18 Å². The first-order chi connectivity index (χ1) is 11.5. The smallest absolute Gasteiger partial charge is 0.307 e. The Bertz CT molecular complexity index is 672. The first kappa shape index (κ1) is 20.2. The maximum absolute atomic E-state index is 12.9. The van der Waals surface area contributed by atoms with Crippen LogP contribution in [-0.2, 0) is 10.0 Å². The molecule has 0 saturated heterocycles. The second-order valence-electron chi connectivity index (χ2n) is 6.85. The molecule has 1 aromatic rings. The predicted molar refractivity (Wildman–Crippen MR) is 90.7 cm³/mol. The van der Waals surface area contributed by atoms with Gasteiger partial charge in [-0.25, -0.2) is 12.7 Å². The highest BCUT2D eigenvalue weighted by atomic mass is 32.2. The fourth-order valence-corrected chi connectivity index (χ4v) is 4.13. The molecule has 1 fully saturated rings. The van der Waals surface area contributed by atoms with E-state index in [9.17, 15) is 21.6 Å². The van der Waals surface area contributed by atoms with Crippen LogP contribution < -0.4 is 5.32 Å². The molecule has 1 aliphatic rings. The standard InChI is InChI=1S/C17H25F3N2O2S/c1-12(21-15-6-4-5-14(11-15)17(18,19)20)13-7-9-16(10-8-13)25(23,24)22(2)3/h7-10,12,14-15,21H,4-6,11H2,1-3H3. The van der Waals surface area contributed by atoms with Crippen molar-refractivity contribution in [3.8, 4) is 0 Å². The van der Waals surface area contributed by atoms with Gasteiger partial charge in [0.25, 0.3) is 0 Å². The van der Waals surface area contributed by atoms with Gasteiger partial charge in [-0.2, -0.15) is 13.2 Å². The Kier molecular flexibility index (Phi) is 6.17. The summed E-state index contributed by atoms with van der Waals surface area (Å²) in [6.45, 7) is 1.88. The van der Waals surface area contributed by atoms with Crippen molar-refractivity contribution in [3.05, 3.63) is 29.8 Å². The summed E-state index contributed by atoms with van der Waals surface area (Å²) >= 11 is 0. The summed E-state index contributed by atoms with van der Waals surface area (Å²) in [5, 5.41) is 3.26. The van der Waals surface area contributed by atoms with E-state index in [2.05, 4.69) is 5.32 Å². The van der Waals surface area contributed by atoms with Gasteiger partial charge in [-0.1, -0.05) is 18.6 Å². The maximum atomic E-state index is 12.9. The first-order valence-electron chi connectivity index (χ1n) is 8.37. The second-order valence-corrected chi connectivity index (χ2v) is 9.00. The Morgan fingerprint density at radius 2 is 1.76 bits per heavy atom. The molecule has 0 aliphatic heterocycles. The van der Waals surface area contributed by atoms with Crippen LogP contribution in [0, 0.1) is 5.92 Å². The lowest BCUT2D eigenvalue weighted by Gasteiger charge is -2.33. The lowest BCUT2D eigenvalue weighted by Crippen LogP contribution is -2.39. The molecule has 0 bridgehead atoms. The van der Waals surface area contributed by atoms with E-state index in [4.69, 9.17) is 0 Å². The quantitative estimate of drug-likeness (QED) is 0.850. The molecule has 0 amide bonds. The number of rotatable bonds is 5. The first-order valence-corrected chi connectivity index (χ1v) is 9.81. The summed E-state index contributed by atoms with van der Waals surface area (Å²) in [7, 11) is -0.551. The van der Waals surface area contributed by atoms with Crippen molar-refractivity contribution < 1.29 is 21.6 Å². The topological polar surface area (TPSA) is 49.4 Å². The van der Waals surface area contributed by atoms with E-state index in [0.29, 0.717) is 6.42 Å². The minimum absolute atomic E-state index is 0.0981. The SMILES string of the molecule is CC(NC1CCCC(C(F)(F)F)C1)c1ccc(S(=O)(=O)N(C)C)cc1. The molecule has 0 radical (unpaired) electrons. The van der Waals surface area contributed by atoms with Gasteiger partial charge in [-0.15, -0.1) is 0 Å². The van der Waals surface area contributed by atoms with E-state index in [1.54, 1.807) is 12.1 Å². The van der Waals surface area contributed by atoms with Gasteiger partial charge in [0.15, 0.2) is 0 Å². The van der Waals surface area contributed by atoms with Crippen molar-refractivity contribution in [2.24, 2.45) is 5.92 Å². The lowest BCUT2D eigenvalue weighted by molar-refractivity contribution is -0.183. The number of nitrogens with zero attached hydrogens (tertiary/aromatic N) is 1. The zero-order valence-corrected chi connectivity index (χ0v) is 15.5. The summed E-state index contributed by atoms with van der Waals surface area (Å²) in [6.07, 6.45) is -2.54. The molecule has 3 atom stereocenters. The Balaban J connectivity index is 2.03. The molecule has 1 N–H and O–H groups in total. The molecule has 1 aromatic carbocycles. The van der Waals surface area contributed by atoms with E-state index in [0.717, 1.165) is 16.3 Å². The van der Waals surface area contributed by atoms with Crippen LogP contribution in [0.15, 0.2) is 29.2 Å². The van der Waals surface area contributed by atoms with E-state index in [-0.39, 0.29) is 29.8 Å². The van der Waals surface area contributed by atoms with Crippen LogP contribution in [0.5, 0.6) is 0 Å². The Labute approximate surface area is 147 Å². The summed E-state index contributed by atoms with van der Waals surface area (Å²) < 4.78 is 64.0. The fraction of sp³-hybridized carbons (Fsp3) is 0.647. The third kappa shape index (κ3) is 4.95. The van der Waals surface area contributed by atoms with Crippen molar-refractivity contribution in [3.63, 3.8) is 0 Å². The van der Waals surface area contributed by atoms with E-state index >= 15 is 0 Å². The van der Waals surface area contributed by atoms with Gasteiger partial charge in [-0.3, -0.25) is 0 Å². The Morgan fingerprint density at radius 3 is 2.28 bits per heavy atom. The van der Waals surface area contributed by atoms with Crippen LogP contribution in [-0.4, -0.2) is 39.0 Å². The molecular formula is C17H25F3N2O2S. The Hall–Kier alpha value is -1.12. The van der Waals surface area contributed by atoms with Crippen LogP contribution in [0.4, 0.5) is 13.2 Å². The molecule has 4 nitrogen and oxygen atoms in total. The molecule has 0 aromatic heterocycles. The predicted octanol–water partition coefficient (Wildman–Crippen LogP) is 3.71.